The van der Waals surface area contributed by atoms with Crippen LogP contribution in [0.15, 0.2) is 41.4 Å². The van der Waals surface area contributed by atoms with Crippen molar-refractivity contribution in [1.82, 2.24) is 14.5 Å². The maximum absolute atomic E-state index is 12.8. The van der Waals surface area contributed by atoms with Crippen molar-refractivity contribution in [2.45, 2.75) is 55.9 Å². The van der Waals surface area contributed by atoms with Crippen molar-refractivity contribution >= 4 is 38.5 Å². The smallest absolute Gasteiger partial charge is 0.238 e. The molecule has 5 rings (SSSR count). The number of nitrogens with one attached hydrogen (secondary N) is 1. The SMILES string of the molecule is CC1C(=O)Cc2cc3cnc(Nc4ccc(S(N)(=O)=O)cc4)nc3n2C12CCCCC2. The van der Waals surface area contributed by atoms with Gasteiger partial charge < -0.3 is 9.88 Å². The number of rotatable bonds is 3. The number of aromatic nitrogens is 3. The van der Waals surface area contributed by atoms with Gasteiger partial charge in [-0.3, -0.25) is 4.79 Å². The van der Waals surface area contributed by atoms with Crippen LogP contribution < -0.4 is 10.5 Å². The second-order valence-corrected chi connectivity index (χ2v) is 10.2. The summed E-state index contributed by atoms with van der Waals surface area (Å²) in [6.07, 6.45) is 7.61. The molecule has 0 bridgehead atoms. The van der Waals surface area contributed by atoms with E-state index in [-0.39, 0.29) is 16.4 Å². The average molecular weight is 440 g/mol. The fourth-order valence-corrected chi connectivity index (χ4v) is 5.75. The van der Waals surface area contributed by atoms with Crippen LogP contribution in [0.3, 0.4) is 0 Å². The Morgan fingerprint density at radius 1 is 1.16 bits per heavy atom. The van der Waals surface area contributed by atoms with Gasteiger partial charge in [0.25, 0.3) is 0 Å². The van der Waals surface area contributed by atoms with E-state index in [2.05, 4.69) is 21.8 Å². The third kappa shape index (κ3) is 3.32. The number of sulfonamides is 1. The third-order valence-electron chi connectivity index (χ3n) is 6.87. The van der Waals surface area contributed by atoms with Crippen molar-refractivity contribution < 1.29 is 13.2 Å². The minimum atomic E-state index is -3.74. The quantitative estimate of drug-likeness (QED) is 0.646. The van der Waals surface area contributed by atoms with Gasteiger partial charge in [0.05, 0.1) is 10.4 Å². The van der Waals surface area contributed by atoms with Gasteiger partial charge in [-0.2, -0.15) is 4.98 Å². The molecule has 1 unspecified atom stereocenters. The molecule has 1 saturated carbocycles. The largest absolute Gasteiger partial charge is 0.324 e. The number of hydrogen-bond acceptors (Lipinski definition) is 6. The van der Waals surface area contributed by atoms with Crippen molar-refractivity contribution in [1.29, 1.82) is 0 Å². The van der Waals surface area contributed by atoms with E-state index in [0.29, 0.717) is 23.8 Å². The predicted molar refractivity (Wildman–Crippen MR) is 118 cm³/mol. The van der Waals surface area contributed by atoms with Gasteiger partial charge in [0.15, 0.2) is 0 Å². The Bertz CT molecular complexity index is 1270. The zero-order valence-electron chi connectivity index (χ0n) is 17.3. The lowest BCUT2D eigenvalue weighted by molar-refractivity contribution is -0.128. The molecule has 9 heteroatoms. The molecule has 0 radical (unpaired) electrons. The number of carbonyl (C=O) groups is 1. The van der Waals surface area contributed by atoms with E-state index in [0.717, 1.165) is 42.4 Å². The standard InChI is InChI=1S/C22H25N5O3S/c1-14-19(28)12-17-11-15-13-24-21(25-16-5-7-18(8-6-16)31(23,29)30)26-20(15)27(17)22(14)9-3-2-4-10-22/h5-8,11,13-14H,2-4,9-10,12H2,1H3,(H2,23,29,30)(H,24,25,26). The first-order valence-electron chi connectivity index (χ1n) is 10.6. The number of nitrogens with two attached hydrogens (primary N) is 1. The first-order valence-corrected chi connectivity index (χ1v) is 12.1. The molecular formula is C22H25N5O3S. The van der Waals surface area contributed by atoms with E-state index in [1.165, 1.54) is 18.6 Å². The minimum absolute atomic E-state index is 0.0342. The summed E-state index contributed by atoms with van der Waals surface area (Å²) in [5.41, 5.74) is 2.31. The maximum Gasteiger partial charge on any atom is 0.238 e. The first kappa shape index (κ1) is 20.1. The number of fused-ring (bicyclic) bond motifs is 4. The van der Waals surface area contributed by atoms with Crippen LogP contribution in [0.5, 0.6) is 0 Å². The van der Waals surface area contributed by atoms with Gasteiger partial charge in [-0.15, -0.1) is 0 Å². The van der Waals surface area contributed by atoms with Gasteiger partial charge in [-0.05, 0) is 43.2 Å². The summed E-state index contributed by atoms with van der Waals surface area (Å²) in [7, 11) is -3.74. The molecule has 1 aliphatic heterocycles. The molecule has 0 saturated heterocycles. The number of Topliss-reactive ketones (excluding diaryl/α,β-unsaturated/α-hetero) is 1. The van der Waals surface area contributed by atoms with Crippen molar-refractivity contribution in [2.24, 2.45) is 11.1 Å². The van der Waals surface area contributed by atoms with Crippen LogP contribution >= 0.6 is 0 Å². The van der Waals surface area contributed by atoms with E-state index >= 15 is 0 Å². The summed E-state index contributed by atoms with van der Waals surface area (Å²) in [5.74, 6) is 0.693. The normalized spacial score (nSPS) is 20.7. The summed E-state index contributed by atoms with van der Waals surface area (Å²) >= 11 is 0. The number of ketones is 1. The highest BCUT2D eigenvalue weighted by atomic mass is 32.2. The third-order valence-corrected chi connectivity index (χ3v) is 7.79. The van der Waals surface area contributed by atoms with E-state index in [9.17, 15) is 13.2 Å². The number of anilines is 2. The van der Waals surface area contributed by atoms with Crippen molar-refractivity contribution in [3.63, 3.8) is 0 Å². The van der Waals surface area contributed by atoms with Gasteiger partial charge in [0.2, 0.25) is 16.0 Å². The average Bonchev–Trinajstić information content (AvgIpc) is 3.11. The van der Waals surface area contributed by atoms with E-state index in [1.54, 1.807) is 18.3 Å². The zero-order valence-corrected chi connectivity index (χ0v) is 18.2. The summed E-state index contributed by atoms with van der Waals surface area (Å²) in [4.78, 5) is 22.1. The highest BCUT2D eigenvalue weighted by molar-refractivity contribution is 7.89. The lowest BCUT2D eigenvalue weighted by atomic mass is 9.69. The van der Waals surface area contributed by atoms with Gasteiger partial charge in [0.1, 0.15) is 11.4 Å². The topological polar surface area (TPSA) is 120 Å². The molecule has 162 valence electrons. The van der Waals surface area contributed by atoms with Gasteiger partial charge >= 0.3 is 0 Å². The van der Waals surface area contributed by atoms with Crippen molar-refractivity contribution in [3.8, 4) is 0 Å². The second-order valence-electron chi connectivity index (χ2n) is 8.67. The Balaban J connectivity index is 1.56. The molecule has 31 heavy (non-hydrogen) atoms. The van der Waals surface area contributed by atoms with Crippen LogP contribution in [-0.4, -0.2) is 28.7 Å². The molecule has 8 nitrogen and oxygen atoms in total. The van der Waals surface area contributed by atoms with Crippen LogP contribution in [0.4, 0.5) is 11.6 Å². The molecule has 1 aliphatic carbocycles. The van der Waals surface area contributed by atoms with Crippen LogP contribution in [-0.2, 0) is 26.8 Å². The number of hydrogen-bond donors (Lipinski definition) is 2. The second kappa shape index (κ2) is 7.13. The van der Waals surface area contributed by atoms with Gasteiger partial charge in [-0.25, -0.2) is 18.5 Å². The summed E-state index contributed by atoms with van der Waals surface area (Å²) < 4.78 is 25.2. The number of carbonyl (C=O) groups excluding carboxylic acids is 1. The monoisotopic (exact) mass is 439 g/mol. The summed E-state index contributed by atoms with van der Waals surface area (Å²) in [5, 5.41) is 9.24. The predicted octanol–water partition coefficient (Wildman–Crippen LogP) is 3.24. The molecule has 3 N–H and O–H groups in total. The van der Waals surface area contributed by atoms with Crippen LogP contribution in [0.1, 0.15) is 44.7 Å². The molecule has 0 amide bonds. The number of nitrogens with zero attached hydrogens (tertiary/aromatic N) is 3. The number of primary sulfonamides is 1. The maximum atomic E-state index is 12.8. The van der Waals surface area contributed by atoms with E-state index < -0.39 is 10.0 Å². The highest BCUT2D eigenvalue weighted by Gasteiger charge is 2.47. The lowest BCUT2D eigenvalue weighted by Gasteiger charge is -2.47. The number of benzene rings is 1. The minimum Gasteiger partial charge on any atom is -0.324 e. The lowest BCUT2D eigenvalue weighted by Crippen LogP contribution is -2.49. The van der Waals surface area contributed by atoms with Crippen molar-refractivity contribution in [3.05, 3.63) is 42.2 Å². The van der Waals surface area contributed by atoms with E-state index in [4.69, 9.17) is 10.1 Å². The summed E-state index contributed by atoms with van der Waals surface area (Å²) in [6, 6.07) is 8.19. The Morgan fingerprint density at radius 2 is 1.87 bits per heavy atom. The molecule has 1 fully saturated rings. The summed E-state index contributed by atoms with van der Waals surface area (Å²) in [6.45, 7) is 2.07. The molecular weight excluding hydrogens is 414 g/mol. The Labute approximate surface area is 180 Å². The molecule has 3 heterocycles. The Hall–Kier alpha value is -2.78. The fourth-order valence-electron chi connectivity index (χ4n) is 5.23. The molecule has 1 aromatic carbocycles. The van der Waals surface area contributed by atoms with E-state index in [1.807, 2.05) is 6.07 Å². The fraction of sp³-hybridized carbons (Fsp3) is 0.409. The highest BCUT2D eigenvalue weighted by Crippen LogP contribution is 2.47. The van der Waals surface area contributed by atoms with Gasteiger partial charge in [-0.1, -0.05) is 26.2 Å². The molecule has 3 aromatic rings. The molecule has 2 aromatic heterocycles. The van der Waals surface area contributed by atoms with Crippen LogP contribution in [0, 0.1) is 5.92 Å². The van der Waals surface area contributed by atoms with Crippen LogP contribution in [0.25, 0.3) is 11.0 Å². The van der Waals surface area contributed by atoms with Crippen molar-refractivity contribution in [2.75, 3.05) is 5.32 Å². The van der Waals surface area contributed by atoms with Crippen LogP contribution in [0.2, 0.25) is 0 Å². The van der Waals surface area contributed by atoms with Gasteiger partial charge in [0, 0.05) is 35.3 Å². The first-order chi connectivity index (χ1) is 14.8. The zero-order chi connectivity index (χ0) is 21.8. The Morgan fingerprint density at radius 3 is 2.55 bits per heavy atom. The molecule has 1 spiro atoms. The molecule has 2 aliphatic rings. The molecule has 1 atom stereocenters. The Kier molecular flexibility index (Phi) is 4.63.